The lowest BCUT2D eigenvalue weighted by Gasteiger charge is -2.30. The average molecular weight is 431 g/mol. The van der Waals surface area contributed by atoms with Gasteiger partial charge in [-0.1, -0.05) is 6.07 Å². The third kappa shape index (κ3) is 7.29. The highest BCUT2D eigenvalue weighted by atomic mass is 35.5. The molecular weight excluding hydrogens is 404 g/mol. The summed E-state index contributed by atoms with van der Waals surface area (Å²) >= 11 is 1.59. The zero-order valence-electron chi connectivity index (χ0n) is 16.0. The molecule has 10 heteroatoms. The van der Waals surface area contributed by atoms with Gasteiger partial charge in [0.15, 0.2) is 0 Å². The largest absolute Gasteiger partial charge is 0.351 e. The van der Waals surface area contributed by atoms with Gasteiger partial charge in [0.1, 0.15) is 6.04 Å². The SMILES string of the molecule is CSCCC(NC(=O)c1cccc([N+](=O)[O-])c1)C(=O)NC1CCNC(C)C1.Cl. The quantitative estimate of drug-likeness (QED) is 0.430. The van der Waals surface area contributed by atoms with Gasteiger partial charge in [-0.25, -0.2) is 0 Å². The molecule has 1 heterocycles. The Balaban J connectivity index is 0.00000392. The number of carbonyl (C=O) groups is 2. The number of nitro benzene ring substituents is 1. The van der Waals surface area contributed by atoms with Crippen molar-refractivity contribution in [1.29, 1.82) is 0 Å². The second-order valence-electron chi connectivity index (χ2n) is 6.70. The van der Waals surface area contributed by atoms with E-state index in [1.165, 1.54) is 24.3 Å². The number of amides is 2. The van der Waals surface area contributed by atoms with E-state index in [1.807, 2.05) is 6.26 Å². The van der Waals surface area contributed by atoms with E-state index in [0.29, 0.717) is 12.5 Å². The van der Waals surface area contributed by atoms with Gasteiger partial charge in [-0.2, -0.15) is 11.8 Å². The Morgan fingerprint density at radius 1 is 1.43 bits per heavy atom. The van der Waals surface area contributed by atoms with Crippen LogP contribution in [0.3, 0.4) is 0 Å². The number of halogens is 1. The minimum Gasteiger partial charge on any atom is -0.351 e. The van der Waals surface area contributed by atoms with Crippen molar-refractivity contribution in [3.05, 3.63) is 39.9 Å². The Morgan fingerprint density at radius 3 is 2.82 bits per heavy atom. The molecule has 1 aliphatic rings. The molecule has 2 rings (SSSR count). The summed E-state index contributed by atoms with van der Waals surface area (Å²) in [6.45, 7) is 2.93. The standard InChI is InChI=1S/C18H26N4O4S.ClH/c1-12-10-14(6-8-19-12)20-18(24)16(7-9-27-2)21-17(23)13-4-3-5-15(11-13)22(25)26;/h3-5,11-12,14,16,19H,6-10H2,1-2H3,(H,20,24)(H,21,23);1H. The summed E-state index contributed by atoms with van der Waals surface area (Å²) in [6.07, 6.45) is 4.13. The van der Waals surface area contributed by atoms with Crippen LogP contribution in [0.15, 0.2) is 24.3 Å². The van der Waals surface area contributed by atoms with Crippen molar-refractivity contribution in [3.8, 4) is 0 Å². The molecule has 0 spiro atoms. The van der Waals surface area contributed by atoms with E-state index in [1.54, 1.807) is 11.8 Å². The van der Waals surface area contributed by atoms with E-state index < -0.39 is 16.9 Å². The summed E-state index contributed by atoms with van der Waals surface area (Å²) in [5, 5.41) is 20.0. The zero-order chi connectivity index (χ0) is 19.8. The maximum Gasteiger partial charge on any atom is 0.270 e. The lowest BCUT2D eigenvalue weighted by atomic mass is 10.00. The summed E-state index contributed by atoms with van der Waals surface area (Å²) in [4.78, 5) is 35.6. The predicted molar refractivity (Wildman–Crippen MR) is 113 cm³/mol. The third-order valence-electron chi connectivity index (χ3n) is 4.52. The van der Waals surface area contributed by atoms with Crippen molar-refractivity contribution in [1.82, 2.24) is 16.0 Å². The van der Waals surface area contributed by atoms with Gasteiger partial charge in [0, 0.05) is 29.8 Å². The molecule has 1 saturated heterocycles. The number of hydrogen-bond acceptors (Lipinski definition) is 6. The third-order valence-corrected chi connectivity index (χ3v) is 5.17. The van der Waals surface area contributed by atoms with Crippen LogP contribution in [0.1, 0.15) is 36.5 Å². The molecule has 0 radical (unpaired) electrons. The minimum absolute atomic E-state index is 0. The molecule has 3 unspecified atom stereocenters. The van der Waals surface area contributed by atoms with Crippen molar-refractivity contribution in [2.45, 2.75) is 44.3 Å². The van der Waals surface area contributed by atoms with Crippen LogP contribution in [0.25, 0.3) is 0 Å². The van der Waals surface area contributed by atoms with Crippen LogP contribution in [0.5, 0.6) is 0 Å². The molecule has 0 saturated carbocycles. The number of carbonyl (C=O) groups excluding carboxylic acids is 2. The van der Waals surface area contributed by atoms with Crippen LogP contribution in [0.4, 0.5) is 5.69 Å². The Kier molecular flexibility index (Phi) is 10.3. The summed E-state index contributed by atoms with van der Waals surface area (Å²) in [5.74, 6) is 0.0243. The molecule has 1 aromatic carbocycles. The smallest absolute Gasteiger partial charge is 0.270 e. The van der Waals surface area contributed by atoms with Crippen LogP contribution >= 0.6 is 24.2 Å². The fourth-order valence-corrected chi connectivity index (χ4v) is 3.54. The van der Waals surface area contributed by atoms with Crippen LogP contribution in [-0.4, -0.2) is 53.4 Å². The maximum atomic E-state index is 12.7. The Labute approximate surface area is 175 Å². The molecule has 2 amide bonds. The van der Waals surface area contributed by atoms with Gasteiger partial charge in [-0.15, -0.1) is 12.4 Å². The van der Waals surface area contributed by atoms with Crippen LogP contribution in [0, 0.1) is 10.1 Å². The molecule has 8 nitrogen and oxygen atoms in total. The first-order chi connectivity index (χ1) is 12.9. The molecule has 28 heavy (non-hydrogen) atoms. The highest BCUT2D eigenvalue weighted by Crippen LogP contribution is 2.14. The fraction of sp³-hybridized carbons (Fsp3) is 0.556. The molecule has 156 valence electrons. The van der Waals surface area contributed by atoms with Gasteiger partial charge >= 0.3 is 0 Å². The van der Waals surface area contributed by atoms with E-state index in [4.69, 9.17) is 0 Å². The molecular formula is C18H27ClN4O4S. The van der Waals surface area contributed by atoms with Crippen LogP contribution < -0.4 is 16.0 Å². The molecule has 3 atom stereocenters. The number of non-ortho nitro benzene ring substituents is 1. The van der Waals surface area contributed by atoms with Gasteiger partial charge in [0.05, 0.1) is 4.92 Å². The number of nitro groups is 1. The van der Waals surface area contributed by atoms with E-state index >= 15 is 0 Å². The molecule has 1 aliphatic heterocycles. The number of nitrogens with zero attached hydrogens (tertiary/aromatic N) is 1. The number of piperidine rings is 1. The highest BCUT2D eigenvalue weighted by Gasteiger charge is 2.26. The van der Waals surface area contributed by atoms with Gasteiger partial charge in [0.2, 0.25) is 5.91 Å². The monoisotopic (exact) mass is 430 g/mol. The zero-order valence-corrected chi connectivity index (χ0v) is 17.6. The molecule has 1 fully saturated rings. The van der Waals surface area contributed by atoms with Crippen molar-refractivity contribution in [2.75, 3.05) is 18.6 Å². The van der Waals surface area contributed by atoms with Crippen molar-refractivity contribution >= 4 is 41.7 Å². The summed E-state index contributed by atoms with van der Waals surface area (Å²) in [6, 6.07) is 5.25. The molecule has 1 aromatic rings. The number of hydrogen-bond donors (Lipinski definition) is 3. The first-order valence-corrected chi connectivity index (χ1v) is 10.4. The van der Waals surface area contributed by atoms with Gasteiger partial charge in [-0.3, -0.25) is 19.7 Å². The molecule has 0 bridgehead atoms. The van der Waals surface area contributed by atoms with E-state index in [2.05, 4.69) is 22.9 Å². The lowest BCUT2D eigenvalue weighted by molar-refractivity contribution is -0.384. The lowest BCUT2D eigenvalue weighted by Crippen LogP contribution is -2.53. The second-order valence-corrected chi connectivity index (χ2v) is 7.69. The number of thioether (sulfide) groups is 1. The number of nitrogens with one attached hydrogen (secondary N) is 3. The van der Waals surface area contributed by atoms with Crippen molar-refractivity contribution < 1.29 is 14.5 Å². The molecule has 0 aromatic heterocycles. The molecule has 0 aliphatic carbocycles. The minimum atomic E-state index is -0.672. The molecule has 3 N–H and O–H groups in total. The van der Waals surface area contributed by atoms with E-state index in [0.717, 1.165) is 25.1 Å². The Bertz CT molecular complexity index is 691. The summed E-state index contributed by atoms with van der Waals surface area (Å²) < 4.78 is 0. The predicted octanol–water partition coefficient (Wildman–Crippen LogP) is 2.12. The van der Waals surface area contributed by atoms with Gasteiger partial charge in [-0.05, 0) is 50.8 Å². The fourth-order valence-electron chi connectivity index (χ4n) is 3.07. The number of benzene rings is 1. The summed E-state index contributed by atoms with van der Waals surface area (Å²) in [7, 11) is 0. The van der Waals surface area contributed by atoms with Gasteiger partial charge < -0.3 is 16.0 Å². The Hall–Kier alpha value is -1.84. The second kappa shape index (κ2) is 11.9. The topological polar surface area (TPSA) is 113 Å². The van der Waals surface area contributed by atoms with Crippen LogP contribution in [0.2, 0.25) is 0 Å². The average Bonchev–Trinajstić information content (AvgIpc) is 2.65. The Morgan fingerprint density at radius 2 is 2.18 bits per heavy atom. The van der Waals surface area contributed by atoms with Crippen molar-refractivity contribution in [3.63, 3.8) is 0 Å². The van der Waals surface area contributed by atoms with Gasteiger partial charge in [0.25, 0.3) is 11.6 Å². The summed E-state index contributed by atoms with van der Waals surface area (Å²) in [5.41, 5.74) is 0.0121. The number of rotatable bonds is 8. The maximum absolute atomic E-state index is 12.7. The van der Waals surface area contributed by atoms with E-state index in [9.17, 15) is 19.7 Å². The normalized spacial score (nSPS) is 19.8. The highest BCUT2D eigenvalue weighted by molar-refractivity contribution is 7.98. The van der Waals surface area contributed by atoms with Crippen LogP contribution in [-0.2, 0) is 4.79 Å². The van der Waals surface area contributed by atoms with E-state index in [-0.39, 0.29) is 35.6 Å². The first-order valence-electron chi connectivity index (χ1n) is 8.98. The first kappa shape index (κ1) is 24.2. The van der Waals surface area contributed by atoms with Crippen molar-refractivity contribution in [2.24, 2.45) is 0 Å².